The predicted octanol–water partition coefficient (Wildman–Crippen LogP) is -3.25. The molecular formula is C6H13NO5. The second-order valence-electron chi connectivity index (χ2n) is 2.86. The van der Waals surface area contributed by atoms with Gasteiger partial charge in [0.1, 0.15) is 18.3 Å². The van der Waals surface area contributed by atoms with Gasteiger partial charge >= 0.3 is 0 Å². The van der Waals surface area contributed by atoms with Crippen LogP contribution >= 0.6 is 0 Å². The van der Waals surface area contributed by atoms with Crippen molar-refractivity contribution < 1.29 is 25.2 Å². The fraction of sp³-hybridized carbons (Fsp3) is 1.00. The molecule has 4 atom stereocenters. The molecule has 6 nitrogen and oxygen atoms in total. The second kappa shape index (κ2) is 3.25. The van der Waals surface area contributed by atoms with Gasteiger partial charge in [0.15, 0.2) is 0 Å². The molecule has 0 aromatic heterocycles. The average Bonchev–Trinajstić information content (AvgIpc) is 2.09. The Morgan fingerprint density at radius 1 is 1.42 bits per heavy atom. The van der Waals surface area contributed by atoms with Crippen LogP contribution in [0.2, 0.25) is 0 Å². The zero-order chi connectivity index (χ0) is 9.35. The van der Waals surface area contributed by atoms with Crippen molar-refractivity contribution in [1.82, 2.24) is 0 Å². The largest absolute Gasteiger partial charge is 0.388 e. The van der Waals surface area contributed by atoms with Crippen LogP contribution in [0.5, 0.6) is 0 Å². The number of nitrogens with two attached hydrogens (primary N) is 1. The van der Waals surface area contributed by atoms with Crippen LogP contribution < -0.4 is 5.73 Å². The molecule has 12 heavy (non-hydrogen) atoms. The Morgan fingerprint density at radius 3 is 2.50 bits per heavy atom. The van der Waals surface area contributed by atoms with E-state index in [1.165, 1.54) is 0 Å². The molecule has 1 unspecified atom stereocenters. The van der Waals surface area contributed by atoms with Crippen molar-refractivity contribution in [2.75, 3.05) is 13.2 Å². The number of hydrogen-bond donors (Lipinski definition) is 5. The average molecular weight is 179 g/mol. The van der Waals surface area contributed by atoms with E-state index in [4.69, 9.17) is 15.9 Å². The summed E-state index contributed by atoms with van der Waals surface area (Å²) in [5.41, 5.74) is 5.11. The van der Waals surface area contributed by atoms with Gasteiger partial charge in [-0.2, -0.15) is 0 Å². The molecule has 1 saturated heterocycles. The molecule has 6 heteroatoms. The highest BCUT2D eigenvalue weighted by molar-refractivity contribution is 4.91. The quantitative estimate of drug-likeness (QED) is 0.288. The Labute approximate surface area is 69.2 Å². The first-order valence-corrected chi connectivity index (χ1v) is 3.62. The first-order valence-electron chi connectivity index (χ1n) is 3.62. The lowest BCUT2D eigenvalue weighted by atomic mass is 9.97. The van der Waals surface area contributed by atoms with Gasteiger partial charge in [0.25, 0.3) is 0 Å². The molecular weight excluding hydrogens is 166 g/mol. The van der Waals surface area contributed by atoms with Crippen molar-refractivity contribution in [3.8, 4) is 0 Å². The lowest BCUT2D eigenvalue weighted by Crippen LogP contribution is -2.63. The Hall–Kier alpha value is -0.240. The van der Waals surface area contributed by atoms with Gasteiger partial charge in [-0.15, -0.1) is 0 Å². The van der Waals surface area contributed by atoms with Crippen LogP contribution in [-0.2, 0) is 4.74 Å². The molecule has 0 amide bonds. The molecule has 1 fully saturated rings. The summed E-state index contributed by atoms with van der Waals surface area (Å²) in [5.74, 6) is -1.95. The van der Waals surface area contributed by atoms with Gasteiger partial charge in [-0.25, -0.2) is 0 Å². The van der Waals surface area contributed by atoms with Crippen LogP contribution in [0.1, 0.15) is 0 Å². The van der Waals surface area contributed by atoms with Crippen molar-refractivity contribution in [1.29, 1.82) is 0 Å². The Kier molecular flexibility index (Phi) is 2.67. The summed E-state index contributed by atoms with van der Waals surface area (Å²) >= 11 is 0. The summed E-state index contributed by atoms with van der Waals surface area (Å²) < 4.78 is 4.68. The smallest absolute Gasteiger partial charge is 0.207 e. The Bertz CT molecular complexity index is 166. The molecule has 0 bridgehead atoms. The lowest BCUT2D eigenvalue weighted by Gasteiger charge is -2.40. The second-order valence-corrected chi connectivity index (χ2v) is 2.86. The summed E-state index contributed by atoms with van der Waals surface area (Å²) in [4.78, 5) is 0. The summed E-state index contributed by atoms with van der Waals surface area (Å²) in [6, 6.07) is 0. The SMILES string of the molecule is NC[C@]1(O)OC[C@H](O)C(O)[C@H]1O. The van der Waals surface area contributed by atoms with Gasteiger partial charge in [-0.05, 0) is 0 Å². The molecule has 1 heterocycles. The van der Waals surface area contributed by atoms with Crippen LogP contribution in [0.15, 0.2) is 0 Å². The molecule has 1 rings (SSSR count). The third kappa shape index (κ3) is 1.45. The summed E-state index contributed by atoms with van der Waals surface area (Å²) in [7, 11) is 0. The van der Waals surface area contributed by atoms with Crippen molar-refractivity contribution in [3.63, 3.8) is 0 Å². The van der Waals surface area contributed by atoms with E-state index in [0.29, 0.717) is 0 Å². The van der Waals surface area contributed by atoms with Gasteiger partial charge in [0, 0.05) is 6.54 Å². The Morgan fingerprint density at radius 2 is 2.00 bits per heavy atom. The molecule has 0 aromatic carbocycles. The number of rotatable bonds is 1. The van der Waals surface area contributed by atoms with Crippen LogP contribution in [0.25, 0.3) is 0 Å². The van der Waals surface area contributed by atoms with E-state index in [-0.39, 0.29) is 13.2 Å². The van der Waals surface area contributed by atoms with E-state index in [1.807, 2.05) is 0 Å². The molecule has 0 aromatic rings. The van der Waals surface area contributed by atoms with Gasteiger partial charge in [-0.3, -0.25) is 0 Å². The molecule has 0 saturated carbocycles. The molecule has 6 N–H and O–H groups in total. The zero-order valence-electron chi connectivity index (χ0n) is 6.42. The lowest BCUT2D eigenvalue weighted by molar-refractivity contribution is -0.315. The standard InChI is InChI=1S/C6H13NO5/c7-2-6(11)5(10)4(9)3(8)1-12-6/h3-5,8-11H,1-2,7H2/t3-,4?,5+,6-/m0/s1. The zero-order valence-corrected chi connectivity index (χ0v) is 6.42. The van der Waals surface area contributed by atoms with Gasteiger partial charge < -0.3 is 30.9 Å². The molecule has 0 spiro atoms. The molecule has 1 aliphatic rings. The third-order valence-corrected chi connectivity index (χ3v) is 1.98. The fourth-order valence-corrected chi connectivity index (χ4v) is 1.07. The highest BCUT2D eigenvalue weighted by atomic mass is 16.6. The van der Waals surface area contributed by atoms with Crippen LogP contribution in [0.4, 0.5) is 0 Å². The van der Waals surface area contributed by atoms with Crippen LogP contribution in [0.3, 0.4) is 0 Å². The van der Waals surface area contributed by atoms with E-state index < -0.39 is 24.1 Å². The van der Waals surface area contributed by atoms with E-state index in [1.54, 1.807) is 0 Å². The van der Waals surface area contributed by atoms with Crippen molar-refractivity contribution in [3.05, 3.63) is 0 Å². The van der Waals surface area contributed by atoms with Crippen LogP contribution in [-0.4, -0.2) is 57.7 Å². The van der Waals surface area contributed by atoms with E-state index in [0.717, 1.165) is 0 Å². The van der Waals surface area contributed by atoms with Gasteiger partial charge in [0.05, 0.1) is 6.61 Å². The highest BCUT2D eigenvalue weighted by Crippen LogP contribution is 2.22. The maximum Gasteiger partial charge on any atom is 0.207 e. The van der Waals surface area contributed by atoms with E-state index in [2.05, 4.69) is 4.74 Å². The maximum atomic E-state index is 9.37. The minimum absolute atomic E-state index is 0.244. The predicted molar refractivity (Wildman–Crippen MR) is 38.0 cm³/mol. The Balaban J connectivity index is 2.71. The topological polar surface area (TPSA) is 116 Å². The summed E-state index contributed by atoms with van der Waals surface area (Å²) in [6.45, 7) is -0.579. The molecule has 0 aliphatic carbocycles. The minimum atomic E-state index is -1.95. The van der Waals surface area contributed by atoms with E-state index >= 15 is 0 Å². The van der Waals surface area contributed by atoms with Gasteiger partial charge in [-0.1, -0.05) is 0 Å². The van der Waals surface area contributed by atoms with Crippen LogP contribution in [0, 0.1) is 0 Å². The van der Waals surface area contributed by atoms with Crippen molar-refractivity contribution >= 4 is 0 Å². The maximum absolute atomic E-state index is 9.37. The summed E-state index contributed by atoms with van der Waals surface area (Å²) in [5, 5.41) is 36.7. The molecule has 0 radical (unpaired) electrons. The fourth-order valence-electron chi connectivity index (χ4n) is 1.07. The first-order chi connectivity index (χ1) is 5.51. The number of aliphatic hydroxyl groups excluding tert-OH is 3. The molecule has 1 aliphatic heterocycles. The normalized spacial score (nSPS) is 49.2. The monoisotopic (exact) mass is 179 g/mol. The third-order valence-electron chi connectivity index (χ3n) is 1.98. The number of hydrogen-bond acceptors (Lipinski definition) is 6. The van der Waals surface area contributed by atoms with E-state index in [9.17, 15) is 10.2 Å². The van der Waals surface area contributed by atoms with Crippen molar-refractivity contribution in [2.45, 2.75) is 24.1 Å². The number of aliphatic hydroxyl groups is 4. The number of ether oxygens (including phenoxy) is 1. The van der Waals surface area contributed by atoms with Crippen molar-refractivity contribution in [2.24, 2.45) is 5.73 Å². The minimum Gasteiger partial charge on any atom is -0.388 e. The highest BCUT2D eigenvalue weighted by Gasteiger charge is 2.47. The summed E-state index contributed by atoms with van der Waals surface area (Å²) in [6.07, 6.45) is -4.19. The first kappa shape index (κ1) is 9.85. The molecule has 72 valence electrons. The van der Waals surface area contributed by atoms with Gasteiger partial charge in [0.2, 0.25) is 5.79 Å².